The Kier molecular flexibility index (Phi) is 6.79. The van der Waals surface area contributed by atoms with Crippen molar-refractivity contribution >= 4 is 5.96 Å². The Morgan fingerprint density at radius 3 is 2.68 bits per heavy atom. The first-order chi connectivity index (χ1) is 9.17. The molecule has 0 atom stereocenters. The Hall–Kier alpha value is -1.71. The zero-order valence-electron chi connectivity index (χ0n) is 12.4. The van der Waals surface area contributed by atoms with Gasteiger partial charge in [-0.15, -0.1) is 0 Å². The van der Waals surface area contributed by atoms with E-state index in [1.807, 2.05) is 25.1 Å². The van der Waals surface area contributed by atoms with Crippen molar-refractivity contribution in [2.45, 2.75) is 33.2 Å². The SMILES string of the molecule is CCOc1ccccc1CCNC(=NC)NC(C)C. The average Bonchev–Trinajstić information content (AvgIpc) is 2.39. The van der Waals surface area contributed by atoms with Gasteiger partial charge in [-0.2, -0.15) is 0 Å². The van der Waals surface area contributed by atoms with Crippen LogP contribution in [0.1, 0.15) is 26.3 Å². The maximum atomic E-state index is 5.61. The van der Waals surface area contributed by atoms with Gasteiger partial charge in [-0.3, -0.25) is 4.99 Å². The fourth-order valence-corrected chi connectivity index (χ4v) is 1.79. The number of hydrogen-bond donors (Lipinski definition) is 2. The molecule has 0 unspecified atom stereocenters. The Morgan fingerprint density at radius 1 is 1.32 bits per heavy atom. The molecular formula is C15H25N3O. The second-order valence-corrected chi connectivity index (χ2v) is 4.59. The Balaban J connectivity index is 2.48. The molecular weight excluding hydrogens is 238 g/mol. The van der Waals surface area contributed by atoms with E-state index in [1.54, 1.807) is 7.05 Å². The molecule has 1 aromatic rings. The fraction of sp³-hybridized carbons (Fsp3) is 0.533. The lowest BCUT2D eigenvalue weighted by atomic mass is 10.1. The molecule has 106 valence electrons. The zero-order valence-corrected chi connectivity index (χ0v) is 12.4. The molecule has 0 aliphatic heterocycles. The molecule has 0 fully saturated rings. The highest BCUT2D eigenvalue weighted by molar-refractivity contribution is 5.79. The van der Waals surface area contributed by atoms with Gasteiger partial charge >= 0.3 is 0 Å². The standard InChI is InChI=1S/C15H25N3O/c1-5-19-14-9-7-6-8-13(14)10-11-17-15(16-4)18-12(2)3/h6-9,12H,5,10-11H2,1-4H3,(H2,16,17,18). The van der Waals surface area contributed by atoms with E-state index in [0.717, 1.165) is 24.7 Å². The van der Waals surface area contributed by atoms with Crippen LogP contribution in [0.4, 0.5) is 0 Å². The Bertz CT molecular complexity index is 402. The highest BCUT2D eigenvalue weighted by atomic mass is 16.5. The molecule has 4 nitrogen and oxygen atoms in total. The minimum atomic E-state index is 0.377. The van der Waals surface area contributed by atoms with E-state index < -0.39 is 0 Å². The summed E-state index contributed by atoms with van der Waals surface area (Å²) in [7, 11) is 1.78. The van der Waals surface area contributed by atoms with E-state index in [1.165, 1.54) is 5.56 Å². The van der Waals surface area contributed by atoms with Gasteiger partial charge in [0.1, 0.15) is 5.75 Å². The van der Waals surface area contributed by atoms with Crippen LogP contribution in [0.5, 0.6) is 5.75 Å². The molecule has 2 N–H and O–H groups in total. The van der Waals surface area contributed by atoms with Crippen molar-refractivity contribution < 1.29 is 4.74 Å². The normalized spacial score (nSPS) is 11.5. The molecule has 0 bridgehead atoms. The van der Waals surface area contributed by atoms with E-state index in [-0.39, 0.29) is 0 Å². The van der Waals surface area contributed by atoms with Gasteiger partial charge in [0, 0.05) is 19.6 Å². The van der Waals surface area contributed by atoms with Gasteiger partial charge in [-0.05, 0) is 38.8 Å². The molecule has 0 saturated heterocycles. The lowest BCUT2D eigenvalue weighted by molar-refractivity contribution is 0.336. The molecule has 0 radical (unpaired) electrons. The van der Waals surface area contributed by atoms with Gasteiger partial charge in [-0.1, -0.05) is 18.2 Å². The predicted octanol–water partition coefficient (Wildman–Crippen LogP) is 2.20. The van der Waals surface area contributed by atoms with Gasteiger partial charge in [-0.25, -0.2) is 0 Å². The molecule has 4 heteroatoms. The lowest BCUT2D eigenvalue weighted by Crippen LogP contribution is -2.41. The topological polar surface area (TPSA) is 45.6 Å². The highest BCUT2D eigenvalue weighted by Crippen LogP contribution is 2.17. The number of benzene rings is 1. The molecule has 0 saturated carbocycles. The lowest BCUT2D eigenvalue weighted by Gasteiger charge is -2.15. The third kappa shape index (κ3) is 5.64. The third-order valence-corrected chi connectivity index (χ3v) is 2.61. The van der Waals surface area contributed by atoms with Gasteiger partial charge in [0.2, 0.25) is 0 Å². The molecule has 0 amide bonds. The van der Waals surface area contributed by atoms with Crippen LogP contribution in [-0.4, -0.2) is 32.2 Å². The Labute approximate surface area is 116 Å². The van der Waals surface area contributed by atoms with Crippen LogP contribution in [0.2, 0.25) is 0 Å². The van der Waals surface area contributed by atoms with Crippen LogP contribution >= 0.6 is 0 Å². The van der Waals surface area contributed by atoms with E-state index >= 15 is 0 Å². The molecule has 0 spiro atoms. The summed E-state index contributed by atoms with van der Waals surface area (Å²) in [5.74, 6) is 1.81. The van der Waals surface area contributed by atoms with Crippen LogP contribution in [0.15, 0.2) is 29.3 Å². The summed E-state index contributed by atoms with van der Waals surface area (Å²) in [5, 5.41) is 6.57. The zero-order chi connectivity index (χ0) is 14.1. The summed E-state index contributed by atoms with van der Waals surface area (Å²) in [6, 6.07) is 8.54. The smallest absolute Gasteiger partial charge is 0.191 e. The van der Waals surface area contributed by atoms with E-state index in [0.29, 0.717) is 12.6 Å². The van der Waals surface area contributed by atoms with Crippen LogP contribution in [0.3, 0.4) is 0 Å². The number of ether oxygens (including phenoxy) is 1. The molecule has 0 aliphatic carbocycles. The van der Waals surface area contributed by atoms with Crippen molar-refractivity contribution in [3.63, 3.8) is 0 Å². The highest BCUT2D eigenvalue weighted by Gasteiger charge is 2.03. The minimum Gasteiger partial charge on any atom is -0.494 e. The molecule has 0 heterocycles. The van der Waals surface area contributed by atoms with E-state index in [4.69, 9.17) is 4.74 Å². The number of hydrogen-bond acceptors (Lipinski definition) is 2. The van der Waals surface area contributed by atoms with Crippen molar-refractivity contribution in [2.24, 2.45) is 4.99 Å². The van der Waals surface area contributed by atoms with Crippen LogP contribution in [-0.2, 0) is 6.42 Å². The van der Waals surface area contributed by atoms with Crippen molar-refractivity contribution in [1.82, 2.24) is 10.6 Å². The van der Waals surface area contributed by atoms with Gasteiger partial charge in [0.25, 0.3) is 0 Å². The summed E-state index contributed by atoms with van der Waals surface area (Å²) in [4.78, 5) is 4.18. The Morgan fingerprint density at radius 2 is 2.05 bits per heavy atom. The number of aliphatic imine (C=N–C) groups is 1. The van der Waals surface area contributed by atoms with Gasteiger partial charge in [0.15, 0.2) is 5.96 Å². The second kappa shape index (κ2) is 8.40. The minimum absolute atomic E-state index is 0.377. The van der Waals surface area contributed by atoms with Crippen molar-refractivity contribution in [1.29, 1.82) is 0 Å². The largest absolute Gasteiger partial charge is 0.494 e. The average molecular weight is 263 g/mol. The van der Waals surface area contributed by atoms with Gasteiger partial charge in [0.05, 0.1) is 6.61 Å². The summed E-state index contributed by atoms with van der Waals surface area (Å²) >= 11 is 0. The first-order valence-electron chi connectivity index (χ1n) is 6.85. The monoisotopic (exact) mass is 263 g/mol. The number of guanidine groups is 1. The predicted molar refractivity (Wildman–Crippen MR) is 80.9 cm³/mol. The first kappa shape index (κ1) is 15.3. The van der Waals surface area contributed by atoms with E-state index in [9.17, 15) is 0 Å². The van der Waals surface area contributed by atoms with Crippen LogP contribution in [0.25, 0.3) is 0 Å². The number of nitrogens with zero attached hydrogens (tertiary/aromatic N) is 1. The maximum absolute atomic E-state index is 5.61. The molecule has 19 heavy (non-hydrogen) atoms. The second-order valence-electron chi connectivity index (χ2n) is 4.59. The van der Waals surface area contributed by atoms with Crippen molar-refractivity contribution in [3.05, 3.63) is 29.8 Å². The first-order valence-corrected chi connectivity index (χ1v) is 6.85. The van der Waals surface area contributed by atoms with Crippen LogP contribution in [0, 0.1) is 0 Å². The molecule has 0 aliphatic rings. The molecule has 0 aromatic heterocycles. The summed E-state index contributed by atoms with van der Waals surface area (Å²) < 4.78 is 5.61. The van der Waals surface area contributed by atoms with Crippen LogP contribution < -0.4 is 15.4 Å². The number of nitrogens with one attached hydrogen (secondary N) is 2. The summed E-state index contributed by atoms with van der Waals surface area (Å²) in [5.41, 5.74) is 1.22. The maximum Gasteiger partial charge on any atom is 0.191 e. The summed E-state index contributed by atoms with van der Waals surface area (Å²) in [6.07, 6.45) is 0.912. The fourth-order valence-electron chi connectivity index (χ4n) is 1.79. The molecule has 1 aromatic carbocycles. The molecule has 1 rings (SSSR count). The third-order valence-electron chi connectivity index (χ3n) is 2.61. The quantitative estimate of drug-likeness (QED) is 0.611. The number of rotatable bonds is 6. The van der Waals surface area contributed by atoms with Gasteiger partial charge < -0.3 is 15.4 Å². The van der Waals surface area contributed by atoms with Crippen molar-refractivity contribution in [3.8, 4) is 5.75 Å². The summed E-state index contributed by atoms with van der Waals surface area (Å²) in [6.45, 7) is 7.72. The van der Waals surface area contributed by atoms with E-state index in [2.05, 4.69) is 35.5 Å². The number of para-hydroxylation sites is 1. The van der Waals surface area contributed by atoms with Crippen molar-refractivity contribution in [2.75, 3.05) is 20.2 Å².